The van der Waals surface area contributed by atoms with Gasteiger partial charge in [-0.25, -0.2) is 0 Å². The molecule has 0 atom stereocenters. The number of halogens is 1. The van der Waals surface area contributed by atoms with Gasteiger partial charge in [0.05, 0.1) is 17.8 Å². The molecule has 2 aromatic carbocycles. The van der Waals surface area contributed by atoms with Gasteiger partial charge in [-0.15, -0.1) is 16.9 Å². The van der Waals surface area contributed by atoms with E-state index in [9.17, 15) is 4.79 Å². The molecule has 0 aliphatic heterocycles. The van der Waals surface area contributed by atoms with Gasteiger partial charge in [-0.2, -0.15) is 4.68 Å². The molecule has 1 N–H and O–H groups in total. The second kappa shape index (κ2) is 8.13. The van der Waals surface area contributed by atoms with Crippen molar-refractivity contribution in [3.8, 4) is 5.69 Å². The highest BCUT2D eigenvalue weighted by Gasteiger charge is 2.13. The van der Waals surface area contributed by atoms with E-state index in [1.807, 2.05) is 36.4 Å². The Hall–Kier alpha value is -2.38. The van der Waals surface area contributed by atoms with Gasteiger partial charge in [-0.1, -0.05) is 30.7 Å². The van der Waals surface area contributed by atoms with Crippen LogP contribution in [0.2, 0.25) is 5.02 Å². The van der Waals surface area contributed by atoms with E-state index in [1.54, 1.807) is 28.6 Å². The highest BCUT2D eigenvalue weighted by Crippen LogP contribution is 2.22. The van der Waals surface area contributed by atoms with E-state index >= 15 is 0 Å². The van der Waals surface area contributed by atoms with Gasteiger partial charge in [-0.05, 0) is 52.6 Å². The van der Waals surface area contributed by atoms with Gasteiger partial charge in [0.2, 0.25) is 0 Å². The summed E-state index contributed by atoms with van der Waals surface area (Å²) in [7, 11) is 0. The Kier molecular flexibility index (Phi) is 5.67. The van der Waals surface area contributed by atoms with E-state index in [1.165, 1.54) is 0 Å². The molecule has 3 aromatic rings. The monoisotopic (exact) mass is 373 g/mol. The lowest BCUT2D eigenvalue weighted by atomic mass is 10.2. The highest BCUT2D eigenvalue weighted by atomic mass is 35.5. The van der Waals surface area contributed by atoms with Crippen LogP contribution in [0.4, 0.5) is 0 Å². The molecule has 0 unspecified atom stereocenters. The Morgan fingerprint density at radius 3 is 2.72 bits per heavy atom. The van der Waals surface area contributed by atoms with Crippen LogP contribution in [0.5, 0.6) is 0 Å². The number of nitrogens with zero attached hydrogens (tertiary/aromatic N) is 4. The van der Waals surface area contributed by atoms with Crippen LogP contribution in [-0.4, -0.2) is 31.9 Å². The van der Waals surface area contributed by atoms with E-state index in [2.05, 4.69) is 27.8 Å². The molecule has 0 saturated carbocycles. The fraction of sp³-hybridized carbons (Fsp3) is 0.176. The molecule has 0 aliphatic rings. The molecule has 0 bridgehead atoms. The first-order valence-corrected chi connectivity index (χ1v) is 9.08. The van der Waals surface area contributed by atoms with E-state index in [0.29, 0.717) is 16.4 Å². The van der Waals surface area contributed by atoms with Gasteiger partial charge in [0, 0.05) is 9.92 Å². The minimum atomic E-state index is -0.151. The van der Waals surface area contributed by atoms with Crippen LogP contribution in [0.25, 0.3) is 5.69 Å². The average molecular weight is 374 g/mol. The van der Waals surface area contributed by atoms with Gasteiger partial charge in [-0.3, -0.25) is 4.79 Å². The maximum atomic E-state index is 12.5. The molecule has 0 fully saturated rings. The maximum absolute atomic E-state index is 12.5. The number of carbonyl (C=O) groups excluding carboxylic acids is 1. The topological polar surface area (TPSA) is 72.7 Å². The Balaban J connectivity index is 1.74. The van der Waals surface area contributed by atoms with Gasteiger partial charge < -0.3 is 5.32 Å². The van der Waals surface area contributed by atoms with Gasteiger partial charge >= 0.3 is 0 Å². The summed E-state index contributed by atoms with van der Waals surface area (Å²) in [5.74, 6) is 1.29. The normalized spacial score (nSPS) is 10.6. The third-order valence-corrected chi connectivity index (χ3v) is 4.65. The molecule has 0 aliphatic carbocycles. The number of carbonyl (C=O) groups is 1. The molecule has 1 heterocycles. The number of rotatable bonds is 6. The second-order valence-corrected chi connectivity index (χ2v) is 6.84. The summed E-state index contributed by atoms with van der Waals surface area (Å²) in [6, 6.07) is 14.7. The zero-order chi connectivity index (χ0) is 17.6. The van der Waals surface area contributed by atoms with Crippen LogP contribution in [0.3, 0.4) is 0 Å². The first kappa shape index (κ1) is 17.4. The molecule has 0 spiro atoms. The predicted octanol–water partition coefficient (Wildman–Crippen LogP) is 3.36. The number of tetrazole rings is 1. The summed E-state index contributed by atoms with van der Waals surface area (Å²) < 4.78 is 1.57. The zero-order valence-corrected chi connectivity index (χ0v) is 15.1. The number of hydrogen-bond acceptors (Lipinski definition) is 5. The minimum absolute atomic E-state index is 0.151. The van der Waals surface area contributed by atoms with E-state index in [-0.39, 0.29) is 12.5 Å². The average Bonchev–Trinajstić information content (AvgIpc) is 3.09. The van der Waals surface area contributed by atoms with Crippen LogP contribution >= 0.6 is 23.4 Å². The summed E-state index contributed by atoms with van der Waals surface area (Å²) in [6.45, 7) is 2.28. The molecule has 0 saturated heterocycles. The molecule has 1 aromatic heterocycles. The van der Waals surface area contributed by atoms with Crippen LogP contribution < -0.4 is 5.32 Å². The van der Waals surface area contributed by atoms with Crippen molar-refractivity contribution in [2.75, 3.05) is 5.75 Å². The number of thioether (sulfide) groups is 1. The van der Waals surface area contributed by atoms with Crippen molar-refractivity contribution < 1.29 is 4.79 Å². The number of nitrogens with one attached hydrogen (secondary N) is 1. The summed E-state index contributed by atoms with van der Waals surface area (Å²) in [6.07, 6.45) is 0. The summed E-state index contributed by atoms with van der Waals surface area (Å²) in [5, 5.41) is 15.2. The van der Waals surface area contributed by atoms with Crippen molar-refractivity contribution in [2.45, 2.75) is 18.4 Å². The zero-order valence-electron chi connectivity index (χ0n) is 13.5. The fourth-order valence-corrected chi connectivity index (χ4v) is 3.22. The number of aromatic nitrogens is 4. The lowest BCUT2D eigenvalue weighted by molar-refractivity contribution is 0.0946. The maximum Gasteiger partial charge on any atom is 0.252 e. The Morgan fingerprint density at radius 2 is 1.96 bits per heavy atom. The van der Waals surface area contributed by atoms with Crippen molar-refractivity contribution in [3.63, 3.8) is 0 Å². The predicted molar refractivity (Wildman–Crippen MR) is 98.2 cm³/mol. The number of hydrogen-bond donors (Lipinski definition) is 1. The van der Waals surface area contributed by atoms with Crippen molar-refractivity contribution in [3.05, 3.63) is 64.9 Å². The lowest BCUT2D eigenvalue weighted by Gasteiger charge is -2.09. The summed E-state index contributed by atoms with van der Waals surface area (Å²) in [5.41, 5.74) is 1.43. The SMILES string of the molecule is CCSc1ccccc1C(=O)NCc1nnnn1-c1ccc(Cl)cc1. The fourth-order valence-electron chi connectivity index (χ4n) is 2.29. The second-order valence-electron chi connectivity index (χ2n) is 5.10. The van der Waals surface area contributed by atoms with Crippen LogP contribution in [-0.2, 0) is 6.54 Å². The Bertz CT molecular complexity index is 865. The number of amides is 1. The van der Waals surface area contributed by atoms with Crippen molar-refractivity contribution >= 4 is 29.3 Å². The van der Waals surface area contributed by atoms with Gasteiger partial charge in [0.1, 0.15) is 0 Å². The smallest absolute Gasteiger partial charge is 0.252 e. The summed E-state index contributed by atoms with van der Waals surface area (Å²) >= 11 is 7.54. The molecule has 25 heavy (non-hydrogen) atoms. The van der Waals surface area contributed by atoms with Crippen molar-refractivity contribution in [2.24, 2.45) is 0 Å². The van der Waals surface area contributed by atoms with E-state index in [4.69, 9.17) is 11.6 Å². The molecule has 1 amide bonds. The van der Waals surface area contributed by atoms with E-state index < -0.39 is 0 Å². The highest BCUT2D eigenvalue weighted by molar-refractivity contribution is 7.99. The lowest BCUT2D eigenvalue weighted by Crippen LogP contribution is -2.25. The van der Waals surface area contributed by atoms with Crippen LogP contribution in [0.15, 0.2) is 53.4 Å². The molecule has 128 valence electrons. The molecule has 8 heteroatoms. The molecular weight excluding hydrogens is 358 g/mol. The van der Waals surface area contributed by atoms with Gasteiger partial charge in [0.15, 0.2) is 5.82 Å². The van der Waals surface area contributed by atoms with Crippen molar-refractivity contribution in [1.82, 2.24) is 25.5 Å². The van der Waals surface area contributed by atoms with E-state index in [0.717, 1.165) is 16.3 Å². The minimum Gasteiger partial charge on any atom is -0.345 e. The first-order chi connectivity index (χ1) is 12.2. The molecule has 6 nitrogen and oxygen atoms in total. The summed E-state index contributed by atoms with van der Waals surface area (Å²) in [4.78, 5) is 13.5. The molecule has 3 rings (SSSR count). The first-order valence-electron chi connectivity index (χ1n) is 7.72. The van der Waals surface area contributed by atoms with Gasteiger partial charge in [0.25, 0.3) is 5.91 Å². The molecule has 0 radical (unpaired) electrons. The Morgan fingerprint density at radius 1 is 1.20 bits per heavy atom. The third kappa shape index (κ3) is 4.18. The van der Waals surface area contributed by atoms with Crippen molar-refractivity contribution in [1.29, 1.82) is 0 Å². The quantitative estimate of drug-likeness (QED) is 0.671. The molecular formula is C17H16ClN5OS. The standard InChI is InChI=1S/C17H16ClN5OS/c1-2-25-15-6-4-3-5-14(15)17(24)19-11-16-20-21-22-23(16)13-9-7-12(18)8-10-13/h3-10H,2,11H2,1H3,(H,19,24). The Labute approximate surface area is 154 Å². The number of benzene rings is 2. The third-order valence-electron chi connectivity index (χ3n) is 3.44. The van der Waals surface area contributed by atoms with Crippen LogP contribution in [0.1, 0.15) is 23.1 Å². The largest absolute Gasteiger partial charge is 0.345 e. The van der Waals surface area contributed by atoms with Crippen LogP contribution in [0, 0.1) is 0 Å².